The van der Waals surface area contributed by atoms with Crippen LogP contribution in [0.5, 0.6) is 5.75 Å². The van der Waals surface area contributed by atoms with E-state index in [4.69, 9.17) is 26.4 Å². The van der Waals surface area contributed by atoms with Crippen LogP contribution >= 0.6 is 22.9 Å². The number of amides is 3. The molecule has 0 radical (unpaired) electrons. The molecule has 374 valence electrons. The number of carbonyl (C=O) groups excluding carboxylic acids is 3. The normalized spacial score (nSPS) is 20.8. The Morgan fingerprint density at radius 3 is 2.33 bits per heavy atom. The van der Waals surface area contributed by atoms with Crippen molar-refractivity contribution < 1.29 is 19.1 Å². The first kappa shape index (κ1) is 50.2. The van der Waals surface area contributed by atoms with Crippen molar-refractivity contribution in [2.75, 3.05) is 29.9 Å². The van der Waals surface area contributed by atoms with Gasteiger partial charge in [-0.2, -0.15) is 10.4 Å². The lowest BCUT2D eigenvalue weighted by Gasteiger charge is -2.63. The first-order valence-electron chi connectivity index (χ1n) is 24.8. The van der Waals surface area contributed by atoms with E-state index in [1.54, 1.807) is 45.3 Å². The van der Waals surface area contributed by atoms with Crippen LogP contribution in [0, 0.1) is 35.0 Å². The number of likely N-dealkylation sites (tertiary alicyclic amines) is 1. The van der Waals surface area contributed by atoms with E-state index in [9.17, 15) is 19.6 Å². The van der Waals surface area contributed by atoms with E-state index in [2.05, 4.69) is 77.8 Å². The van der Waals surface area contributed by atoms with Crippen LogP contribution in [0.2, 0.25) is 5.02 Å². The smallest absolute Gasteiger partial charge is 0.251 e. The number of ether oxygens (including phenoxy) is 1. The highest BCUT2D eigenvalue weighted by Crippen LogP contribution is 2.55. The summed E-state index contributed by atoms with van der Waals surface area (Å²) in [6, 6.07) is 25.7. The number of nitrogens with one attached hydrogen (secondary N) is 3. The Labute approximate surface area is 431 Å². The van der Waals surface area contributed by atoms with Gasteiger partial charge in [0.2, 0.25) is 11.8 Å². The van der Waals surface area contributed by atoms with Crippen LogP contribution in [-0.4, -0.2) is 86.2 Å². The molecule has 72 heavy (non-hydrogen) atoms. The minimum Gasteiger partial charge on any atom is -0.489 e. The monoisotopic (exact) mass is 1010 g/mol. The molecule has 3 N–H and O–H groups in total. The second-order valence-corrected chi connectivity index (χ2v) is 22.3. The number of hydrogen-bond donors (Lipinski definition) is 3. The van der Waals surface area contributed by atoms with E-state index in [-0.39, 0.29) is 58.7 Å². The Bertz CT molecular complexity index is 2980. The lowest BCUT2D eigenvalue weighted by atomic mass is 9.49. The van der Waals surface area contributed by atoms with Gasteiger partial charge >= 0.3 is 0 Å². The maximum Gasteiger partial charge on any atom is 0.251 e. The Morgan fingerprint density at radius 1 is 0.903 bits per heavy atom. The van der Waals surface area contributed by atoms with Crippen molar-refractivity contribution in [3.8, 4) is 33.4 Å². The number of hydrogen-bond acceptors (Lipinski definition) is 11. The fourth-order valence-electron chi connectivity index (χ4n) is 11.3. The molecule has 1 saturated carbocycles. The molecule has 1 unspecified atom stereocenters. The molecule has 2 aliphatic heterocycles. The summed E-state index contributed by atoms with van der Waals surface area (Å²) in [4.78, 5) is 56.1. The van der Waals surface area contributed by atoms with Gasteiger partial charge in [0.25, 0.3) is 5.91 Å². The first-order chi connectivity index (χ1) is 34.4. The van der Waals surface area contributed by atoms with Crippen LogP contribution < -0.4 is 25.6 Å². The van der Waals surface area contributed by atoms with E-state index < -0.39 is 12.1 Å². The van der Waals surface area contributed by atoms with Gasteiger partial charge in [-0.25, -0.2) is 9.97 Å². The number of aromatic nitrogens is 4. The molecule has 14 nitrogen and oxygen atoms in total. The van der Waals surface area contributed by atoms with Gasteiger partial charge in [0, 0.05) is 77.8 Å². The number of pyridine rings is 1. The van der Waals surface area contributed by atoms with Gasteiger partial charge in [-0.3, -0.25) is 19.1 Å². The number of anilines is 2. The van der Waals surface area contributed by atoms with Crippen LogP contribution in [0.4, 0.5) is 11.5 Å². The van der Waals surface area contributed by atoms with Crippen molar-refractivity contribution >= 4 is 52.2 Å². The van der Waals surface area contributed by atoms with E-state index in [1.165, 1.54) is 0 Å². The number of nitriles is 1. The van der Waals surface area contributed by atoms with Crippen molar-refractivity contribution in [3.05, 3.63) is 130 Å². The fraction of sp³-hybridized carbons (Fsp3) is 0.411. The van der Waals surface area contributed by atoms with Crippen LogP contribution in [0.25, 0.3) is 21.6 Å². The van der Waals surface area contributed by atoms with E-state index in [1.807, 2.05) is 88.1 Å². The van der Waals surface area contributed by atoms with Gasteiger partial charge < -0.3 is 30.5 Å². The average molecular weight is 1010 g/mol. The third-order valence-electron chi connectivity index (χ3n) is 14.9. The summed E-state index contributed by atoms with van der Waals surface area (Å²) >= 11 is 7.89. The summed E-state index contributed by atoms with van der Waals surface area (Å²) in [5.74, 6) is 0.979. The van der Waals surface area contributed by atoms with Crippen molar-refractivity contribution in [3.63, 3.8) is 0 Å². The molecule has 3 aliphatic rings. The highest BCUT2D eigenvalue weighted by molar-refractivity contribution is 7.13. The molecule has 6 aromatic rings. The highest BCUT2D eigenvalue weighted by atomic mass is 35.5. The SMILES string of the molecule is Cc1ncsc1-c1ccc([C@H](C)NC(=O)[C@@H]2CCCN2C(=O)C(C(C)C)n2cc(-c3ccnc(N4CC[C@@H](Nc5ccc(C(=O)N[C@H]6C(C)(C)[C@H](Oc7ccc(C#N)c(Cl)c7)C6(C)C)cc5)C4)c3)cn2)cc1. The Kier molecular flexibility index (Phi) is 14.2. The van der Waals surface area contributed by atoms with Crippen LogP contribution in [0.1, 0.15) is 107 Å². The predicted octanol–water partition coefficient (Wildman–Crippen LogP) is 10.3. The van der Waals surface area contributed by atoms with Crippen molar-refractivity contribution in [2.45, 2.75) is 111 Å². The number of benzene rings is 3. The zero-order valence-electron chi connectivity index (χ0n) is 42.1. The van der Waals surface area contributed by atoms with Crippen LogP contribution in [0.15, 0.2) is 103 Å². The zero-order valence-corrected chi connectivity index (χ0v) is 43.7. The largest absolute Gasteiger partial charge is 0.489 e. The van der Waals surface area contributed by atoms with E-state index >= 15 is 0 Å². The zero-order chi connectivity index (χ0) is 51.1. The Hall–Kier alpha value is -6.76. The molecule has 3 aromatic heterocycles. The van der Waals surface area contributed by atoms with Crippen molar-refractivity contribution in [2.24, 2.45) is 16.7 Å². The van der Waals surface area contributed by atoms with Gasteiger partial charge in [0.15, 0.2) is 0 Å². The quantitative estimate of drug-likeness (QED) is 0.0900. The number of carbonyl (C=O) groups is 3. The lowest BCUT2D eigenvalue weighted by Crippen LogP contribution is -2.74. The average Bonchev–Trinajstić information content (AvgIpc) is 4.22. The highest BCUT2D eigenvalue weighted by Gasteiger charge is 2.64. The summed E-state index contributed by atoms with van der Waals surface area (Å²) in [5.41, 5.74) is 7.92. The van der Waals surface area contributed by atoms with Gasteiger partial charge in [0.05, 0.1) is 38.9 Å². The number of nitrogens with zero attached hydrogens (tertiary/aromatic N) is 7. The number of thiazole rings is 1. The van der Waals surface area contributed by atoms with Crippen molar-refractivity contribution in [1.29, 1.82) is 5.26 Å². The Balaban J connectivity index is 0.782. The molecule has 3 aromatic carbocycles. The maximum atomic E-state index is 14.4. The first-order valence-corrected chi connectivity index (χ1v) is 26.1. The molecule has 3 amide bonds. The predicted molar refractivity (Wildman–Crippen MR) is 283 cm³/mol. The summed E-state index contributed by atoms with van der Waals surface area (Å²) in [5, 5.41) is 24.5. The third-order valence-corrected chi connectivity index (χ3v) is 16.2. The molecular weight excluding hydrogens is 944 g/mol. The molecule has 16 heteroatoms. The minimum atomic E-state index is -0.583. The summed E-state index contributed by atoms with van der Waals surface area (Å²) < 4.78 is 8.16. The van der Waals surface area contributed by atoms with Crippen LogP contribution in [-0.2, 0) is 9.59 Å². The summed E-state index contributed by atoms with van der Waals surface area (Å²) in [7, 11) is 0. The molecule has 2 saturated heterocycles. The second kappa shape index (κ2) is 20.4. The molecule has 0 spiro atoms. The summed E-state index contributed by atoms with van der Waals surface area (Å²) in [6.07, 6.45) is 7.61. The van der Waals surface area contributed by atoms with Crippen molar-refractivity contribution in [1.82, 2.24) is 35.3 Å². The summed E-state index contributed by atoms with van der Waals surface area (Å²) in [6.45, 7) is 18.5. The minimum absolute atomic E-state index is 0.0748. The maximum absolute atomic E-state index is 14.4. The molecule has 9 rings (SSSR count). The van der Waals surface area contributed by atoms with Gasteiger partial charge in [-0.15, -0.1) is 11.3 Å². The van der Waals surface area contributed by atoms with Gasteiger partial charge in [0.1, 0.15) is 35.8 Å². The van der Waals surface area contributed by atoms with E-state index in [0.717, 1.165) is 70.3 Å². The molecule has 0 bridgehead atoms. The number of halogens is 1. The van der Waals surface area contributed by atoms with Gasteiger partial charge in [-0.05, 0) is 104 Å². The molecular formula is C56H63ClN10O4S. The van der Waals surface area contributed by atoms with E-state index in [0.29, 0.717) is 34.9 Å². The standard InChI is InChI=1S/C56H63ClN10O4S/c1-33(2)48(52(70)66-24-9-10-46(66)51(69)62-34(3)36-11-13-37(14-12-36)49-35(4)60-32-72-49)67-30-41(29-61-67)39-21-23-59-47(26-39)65-25-22-43(31-65)63-42-18-15-38(16-19-42)50(68)64-53-55(5,6)54(56(53,7)8)71-44-20-17-40(28-58)45(57)27-44/h11-21,23,26-27,29-30,32-34,43,46,48,53-54,63H,9-10,22,24-25,31H2,1-8H3,(H,62,69)(H,64,68)/t34-,43+,46-,48?,53-,54-/m0/s1. The Morgan fingerprint density at radius 2 is 1.65 bits per heavy atom. The molecule has 4 atom stereocenters. The second-order valence-electron chi connectivity index (χ2n) is 21.1. The number of rotatable bonds is 15. The fourth-order valence-corrected chi connectivity index (χ4v) is 12.4. The number of aryl methyl sites for hydroxylation is 1. The molecule has 5 heterocycles. The molecule has 3 fully saturated rings. The molecule has 1 aliphatic carbocycles. The lowest BCUT2D eigenvalue weighted by molar-refractivity contribution is -0.164. The topological polar surface area (TPSA) is 170 Å². The van der Waals surface area contributed by atoms with Crippen LogP contribution in [0.3, 0.4) is 0 Å². The third kappa shape index (κ3) is 10.0. The van der Waals surface area contributed by atoms with Gasteiger partial charge in [-0.1, -0.05) is 77.4 Å².